The molecule has 39 heavy (non-hydrogen) atoms. The normalized spacial score (nSPS) is 15.8. The number of halogens is 2. The van der Waals surface area contributed by atoms with Crippen molar-refractivity contribution >= 4 is 52.7 Å². The minimum atomic E-state index is -0.879. The van der Waals surface area contributed by atoms with Gasteiger partial charge < -0.3 is 9.84 Å². The van der Waals surface area contributed by atoms with Crippen molar-refractivity contribution in [3.63, 3.8) is 0 Å². The predicted molar refractivity (Wildman–Crippen MR) is 156 cm³/mol. The van der Waals surface area contributed by atoms with E-state index in [-0.39, 0.29) is 24.3 Å². The van der Waals surface area contributed by atoms with Crippen LogP contribution >= 0.6 is 35.0 Å². The molecule has 2 aromatic carbocycles. The molecular weight excluding hydrogens is 559 g/mol. The molecule has 0 aromatic heterocycles. The van der Waals surface area contributed by atoms with Crippen LogP contribution in [0.2, 0.25) is 10.0 Å². The molecule has 2 amide bonds. The second-order valence-electron chi connectivity index (χ2n) is 9.43. The number of hydrogen-bond donors (Lipinski definition) is 1. The lowest BCUT2D eigenvalue weighted by Crippen LogP contribution is -2.32. The predicted octanol–water partition coefficient (Wildman–Crippen LogP) is 6.70. The number of aliphatic carboxylic acids is 1. The van der Waals surface area contributed by atoms with Crippen LogP contribution < -0.4 is 4.74 Å². The van der Waals surface area contributed by atoms with E-state index in [0.717, 1.165) is 35.4 Å². The van der Waals surface area contributed by atoms with Gasteiger partial charge in [0.1, 0.15) is 5.75 Å². The van der Waals surface area contributed by atoms with Gasteiger partial charge in [0.15, 0.2) is 0 Å². The number of rotatable bonds is 13. The minimum absolute atomic E-state index is 0.0519. The maximum Gasteiger partial charge on any atom is 0.305 e. The van der Waals surface area contributed by atoms with E-state index in [4.69, 9.17) is 27.9 Å². The van der Waals surface area contributed by atoms with Gasteiger partial charge in [-0.05, 0) is 54.2 Å². The zero-order valence-corrected chi connectivity index (χ0v) is 24.9. The minimum Gasteiger partial charge on any atom is -0.496 e. The average molecular weight is 596 g/mol. The van der Waals surface area contributed by atoms with Crippen LogP contribution in [0.25, 0.3) is 0 Å². The first-order valence-corrected chi connectivity index (χ1v) is 15.0. The fourth-order valence-electron chi connectivity index (χ4n) is 4.56. The number of imide groups is 1. The molecule has 1 atom stereocenters. The Bertz CT molecular complexity index is 1160. The summed E-state index contributed by atoms with van der Waals surface area (Å²) in [6.45, 7) is 5.71. The topological polar surface area (TPSA) is 87.2 Å². The Morgan fingerprint density at radius 2 is 1.79 bits per heavy atom. The molecule has 1 saturated heterocycles. The third-order valence-electron chi connectivity index (χ3n) is 6.67. The second-order valence-corrected chi connectivity index (χ2v) is 11.4. The molecule has 0 radical (unpaired) electrons. The maximum atomic E-state index is 11.9. The van der Waals surface area contributed by atoms with Crippen molar-refractivity contribution < 1.29 is 24.2 Å². The zero-order valence-electron chi connectivity index (χ0n) is 22.6. The highest BCUT2D eigenvalue weighted by molar-refractivity contribution is 7.99. The fourth-order valence-corrected chi connectivity index (χ4v) is 5.81. The molecular formula is C29H36Cl2N2O5S. The Kier molecular flexibility index (Phi) is 12.0. The summed E-state index contributed by atoms with van der Waals surface area (Å²) in [4.78, 5) is 40.0. The summed E-state index contributed by atoms with van der Waals surface area (Å²) in [6, 6.07) is 10.9. The molecule has 1 aliphatic carbocycles. The van der Waals surface area contributed by atoms with Crippen molar-refractivity contribution in [1.82, 2.24) is 9.80 Å². The number of thioether (sulfide) groups is 1. The lowest BCUT2D eigenvalue weighted by molar-refractivity contribution is -0.139. The lowest BCUT2D eigenvalue weighted by Gasteiger charge is -2.32. The second kappa shape index (κ2) is 14.9. The SMILES string of the molecule is CC.COc1cc(CN(CC2CC2)C(CC(=O)O)c2ccc(Cl)c(Cl)c2)ccc1SCCN1C(=O)CCC1=O. The number of likely N-dealkylation sites (tertiary alicyclic amines) is 1. The highest BCUT2D eigenvalue weighted by Crippen LogP contribution is 2.38. The summed E-state index contributed by atoms with van der Waals surface area (Å²) in [5, 5.41) is 10.5. The van der Waals surface area contributed by atoms with E-state index in [1.54, 1.807) is 19.2 Å². The molecule has 1 aliphatic heterocycles. The van der Waals surface area contributed by atoms with Crippen molar-refractivity contribution in [2.75, 3.05) is 26.0 Å². The Labute approximate surface area is 244 Å². The fraction of sp³-hybridized carbons (Fsp3) is 0.483. The van der Waals surface area contributed by atoms with E-state index in [1.165, 1.54) is 16.7 Å². The Morgan fingerprint density at radius 1 is 1.10 bits per heavy atom. The zero-order chi connectivity index (χ0) is 28.5. The van der Waals surface area contributed by atoms with E-state index in [0.29, 0.717) is 53.4 Å². The highest BCUT2D eigenvalue weighted by atomic mass is 35.5. The van der Waals surface area contributed by atoms with Crippen LogP contribution in [0.1, 0.15) is 63.1 Å². The molecule has 1 saturated carbocycles. The summed E-state index contributed by atoms with van der Waals surface area (Å²) in [7, 11) is 1.61. The number of ether oxygens (including phenoxy) is 1. The van der Waals surface area contributed by atoms with Crippen LogP contribution in [-0.4, -0.2) is 58.6 Å². The number of nitrogens with zero attached hydrogens (tertiary/aromatic N) is 2. The molecule has 0 spiro atoms. The van der Waals surface area contributed by atoms with Crippen LogP contribution in [0.4, 0.5) is 0 Å². The number of benzene rings is 2. The molecule has 212 valence electrons. The number of methoxy groups -OCH3 is 1. The third kappa shape index (κ3) is 8.87. The van der Waals surface area contributed by atoms with Gasteiger partial charge in [-0.1, -0.05) is 49.2 Å². The van der Waals surface area contributed by atoms with Gasteiger partial charge in [0, 0.05) is 49.2 Å². The summed E-state index contributed by atoms with van der Waals surface area (Å²) in [5.74, 6) is 0.738. The largest absolute Gasteiger partial charge is 0.496 e. The Hall–Kier alpha value is -2.26. The van der Waals surface area contributed by atoms with Crippen LogP contribution in [0.3, 0.4) is 0 Å². The summed E-state index contributed by atoms with van der Waals surface area (Å²) >= 11 is 13.9. The molecule has 7 nitrogen and oxygen atoms in total. The molecule has 10 heteroatoms. The standard InChI is InChI=1S/C27H30Cl2N2O5S.C2H6/c1-36-23-12-18(4-7-24(23)37-11-10-31-25(32)8-9-26(31)33)16-30(15-17-2-3-17)22(14-27(34)35)19-5-6-20(28)21(29)13-19;1-2/h4-7,12-13,17,22H,2-3,8-11,14-16H2,1H3,(H,34,35);1-2H3. The lowest BCUT2D eigenvalue weighted by atomic mass is 10.0. The van der Waals surface area contributed by atoms with Crippen LogP contribution in [0.5, 0.6) is 5.75 Å². The molecule has 1 unspecified atom stereocenters. The number of carboxylic acid groups (broad SMARTS) is 1. The van der Waals surface area contributed by atoms with Crippen molar-refractivity contribution in [3.8, 4) is 5.75 Å². The first-order chi connectivity index (χ1) is 18.7. The van der Waals surface area contributed by atoms with Gasteiger partial charge in [-0.3, -0.25) is 24.2 Å². The summed E-state index contributed by atoms with van der Waals surface area (Å²) < 4.78 is 5.65. The number of hydrogen-bond acceptors (Lipinski definition) is 6. The van der Waals surface area contributed by atoms with Crippen molar-refractivity contribution in [3.05, 3.63) is 57.6 Å². The molecule has 1 N–H and O–H groups in total. The molecule has 2 aromatic rings. The molecule has 4 rings (SSSR count). The molecule has 2 aliphatic rings. The van der Waals surface area contributed by atoms with E-state index < -0.39 is 5.97 Å². The first kappa shape index (κ1) is 31.3. The molecule has 1 heterocycles. The number of carboxylic acids is 1. The molecule has 2 fully saturated rings. The van der Waals surface area contributed by atoms with Crippen LogP contribution in [-0.2, 0) is 20.9 Å². The van der Waals surface area contributed by atoms with Crippen LogP contribution in [0, 0.1) is 5.92 Å². The van der Waals surface area contributed by atoms with Gasteiger partial charge in [-0.25, -0.2) is 0 Å². The number of amides is 2. The van der Waals surface area contributed by atoms with Gasteiger partial charge in [-0.15, -0.1) is 11.8 Å². The highest BCUT2D eigenvalue weighted by Gasteiger charge is 2.31. The van der Waals surface area contributed by atoms with Gasteiger partial charge in [-0.2, -0.15) is 0 Å². The number of carbonyl (C=O) groups is 3. The van der Waals surface area contributed by atoms with E-state index >= 15 is 0 Å². The quantitative estimate of drug-likeness (QED) is 0.204. The van der Waals surface area contributed by atoms with Crippen LogP contribution in [0.15, 0.2) is 41.3 Å². The Morgan fingerprint density at radius 3 is 2.38 bits per heavy atom. The monoisotopic (exact) mass is 594 g/mol. The van der Waals surface area contributed by atoms with E-state index in [2.05, 4.69) is 4.90 Å². The van der Waals surface area contributed by atoms with Crippen molar-refractivity contribution in [1.29, 1.82) is 0 Å². The smallest absolute Gasteiger partial charge is 0.305 e. The van der Waals surface area contributed by atoms with Gasteiger partial charge >= 0.3 is 5.97 Å². The van der Waals surface area contributed by atoms with Gasteiger partial charge in [0.2, 0.25) is 11.8 Å². The van der Waals surface area contributed by atoms with Gasteiger partial charge in [0.25, 0.3) is 0 Å². The number of carbonyl (C=O) groups excluding carboxylic acids is 2. The van der Waals surface area contributed by atoms with Gasteiger partial charge in [0.05, 0.1) is 23.6 Å². The molecule has 0 bridgehead atoms. The Balaban J connectivity index is 0.00000205. The summed E-state index contributed by atoms with van der Waals surface area (Å²) in [6.07, 6.45) is 2.81. The van der Waals surface area contributed by atoms with Crippen molar-refractivity contribution in [2.45, 2.75) is 63.4 Å². The summed E-state index contributed by atoms with van der Waals surface area (Å²) in [5.41, 5.74) is 1.82. The van der Waals surface area contributed by atoms with Crippen molar-refractivity contribution in [2.24, 2.45) is 5.92 Å². The maximum absolute atomic E-state index is 11.9. The van der Waals surface area contributed by atoms with E-state index in [9.17, 15) is 19.5 Å². The van der Waals surface area contributed by atoms with E-state index in [1.807, 2.05) is 38.1 Å². The average Bonchev–Trinajstić information content (AvgIpc) is 3.69. The third-order valence-corrected chi connectivity index (χ3v) is 8.44. The first-order valence-electron chi connectivity index (χ1n) is 13.3.